The molecule has 114 valence electrons. The summed E-state index contributed by atoms with van der Waals surface area (Å²) in [6, 6.07) is -0.558. The van der Waals surface area contributed by atoms with Crippen LogP contribution in [0.25, 0.3) is 0 Å². The number of amides is 3. The molecule has 0 aliphatic heterocycles. The third kappa shape index (κ3) is 4.40. The maximum Gasteiger partial charge on any atom is 0.316 e. The van der Waals surface area contributed by atoms with Crippen LogP contribution < -0.4 is 16.4 Å². The van der Waals surface area contributed by atoms with Gasteiger partial charge in [-0.2, -0.15) is 0 Å². The Kier molecular flexibility index (Phi) is 4.97. The number of primary amides is 1. The Labute approximate surface area is 118 Å². The number of carbonyl (C=O) groups is 3. The lowest BCUT2D eigenvalue weighted by Crippen LogP contribution is -2.60. The van der Waals surface area contributed by atoms with Crippen LogP contribution in [0, 0.1) is 0 Å². The first-order valence-electron chi connectivity index (χ1n) is 6.79. The highest BCUT2D eigenvalue weighted by Gasteiger charge is 2.37. The topological polar surface area (TPSA) is 122 Å². The molecule has 7 nitrogen and oxygen atoms in total. The molecule has 1 saturated carbocycles. The van der Waals surface area contributed by atoms with E-state index >= 15 is 0 Å². The number of hydrogen-bond acceptors (Lipinski definition) is 3. The largest absolute Gasteiger partial charge is 0.481 e. The third-order valence-corrected chi connectivity index (χ3v) is 3.72. The van der Waals surface area contributed by atoms with Crippen molar-refractivity contribution < 1.29 is 19.5 Å². The number of carboxylic acid groups (broad SMARTS) is 1. The third-order valence-electron chi connectivity index (χ3n) is 3.72. The SMILES string of the molecule is CC(C)(NC(=O)NC1(CC(=O)O)CCCCC1)C(N)=O. The minimum absolute atomic E-state index is 0.114. The Morgan fingerprint density at radius 2 is 1.75 bits per heavy atom. The van der Waals surface area contributed by atoms with Crippen LogP contribution in [0.2, 0.25) is 0 Å². The second kappa shape index (κ2) is 6.11. The first kappa shape index (κ1) is 16.3. The predicted molar refractivity (Wildman–Crippen MR) is 73.0 cm³/mol. The van der Waals surface area contributed by atoms with Crippen molar-refractivity contribution in [3.63, 3.8) is 0 Å². The Morgan fingerprint density at radius 3 is 2.20 bits per heavy atom. The van der Waals surface area contributed by atoms with E-state index < -0.39 is 29.0 Å². The maximum absolute atomic E-state index is 12.0. The normalized spacial score (nSPS) is 18.1. The van der Waals surface area contributed by atoms with Crippen molar-refractivity contribution >= 4 is 17.9 Å². The molecule has 1 rings (SSSR count). The predicted octanol–water partition coefficient (Wildman–Crippen LogP) is 0.727. The summed E-state index contributed by atoms with van der Waals surface area (Å²) in [7, 11) is 0. The Morgan fingerprint density at radius 1 is 1.20 bits per heavy atom. The van der Waals surface area contributed by atoms with E-state index in [1.165, 1.54) is 13.8 Å². The van der Waals surface area contributed by atoms with Gasteiger partial charge in [0.1, 0.15) is 5.54 Å². The van der Waals surface area contributed by atoms with Crippen molar-refractivity contribution in [1.82, 2.24) is 10.6 Å². The molecular weight excluding hydrogens is 262 g/mol. The number of nitrogens with two attached hydrogens (primary N) is 1. The number of carbonyl (C=O) groups excluding carboxylic acids is 2. The fourth-order valence-electron chi connectivity index (χ4n) is 2.48. The lowest BCUT2D eigenvalue weighted by atomic mass is 9.79. The highest BCUT2D eigenvalue weighted by Crippen LogP contribution is 2.31. The fraction of sp³-hybridized carbons (Fsp3) is 0.769. The molecule has 1 fully saturated rings. The smallest absolute Gasteiger partial charge is 0.316 e. The molecule has 5 N–H and O–H groups in total. The molecule has 7 heteroatoms. The van der Waals surface area contributed by atoms with Crippen LogP contribution in [0.1, 0.15) is 52.4 Å². The highest BCUT2D eigenvalue weighted by molar-refractivity contribution is 5.89. The lowest BCUT2D eigenvalue weighted by Gasteiger charge is -2.37. The summed E-state index contributed by atoms with van der Waals surface area (Å²) in [5.41, 5.74) is 3.28. The fourth-order valence-corrected chi connectivity index (χ4v) is 2.48. The summed E-state index contributed by atoms with van der Waals surface area (Å²) in [5, 5.41) is 14.2. The van der Waals surface area contributed by atoms with Gasteiger partial charge in [0, 0.05) is 0 Å². The van der Waals surface area contributed by atoms with Crippen LogP contribution in [0.15, 0.2) is 0 Å². The van der Waals surface area contributed by atoms with Gasteiger partial charge in [-0.3, -0.25) is 9.59 Å². The molecule has 0 aromatic carbocycles. The first-order chi connectivity index (χ1) is 9.17. The highest BCUT2D eigenvalue weighted by atomic mass is 16.4. The maximum atomic E-state index is 12.0. The summed E-state index contributed by atoms with van der Waals surface area (Å²) >= 11 is 0. The molecule has 20 heavy (non-hydrogen) atoms. The molecule has 3 amide bonds. The molecule has 0 heterocycles. The van der Waals surface area contributed by atoms with Gasteiger partial charge in [-0.05, 0) is 26.7 Å². The monoisotopic (exact) mass is 285 g/mol. The van der Waals surface area contributed by atoms with Crippen LogP contribution >= 0.6 is 0 Å². The van der Waals surface area contributed by atoms with E-state index in [2.05, 4.69) is 10.6 Å². The van der Waals surface area contributed by atoms with Crippen LogP contribution in [0.5, 0.6) is 0 Å². The number of aliphatic carboxylic acids is 1. The minimum Gasteiger partial charge on any atom is -0.481 e. The Hall–Kier alpha value is -1.79. The van der Waals surface area contributed by atoms with Crippen LogP contribution in [-0.4, -0.2) is 34.1 Å². The summed E-state index contributed by atoms with van der Waals surface area (Å²) in [4.78, 5) is 34.2. The second-order valence-electron chi connectivity index (χ2n) is 5.98. The van der Waals surface area contributed by atoms with Crippen LogP contribution in [0.3, 0.4) is 0 Å². The lowest BCUT2D eigenvalue weighted by molar-refractivity contribution is -0.139. The van der Waals surface area contributed by atoms with E-state index in [-0.39, 0.29) is 6.42 Å². The molecule has 0 atom stereocenters. The molecule has 0 radical (unpaired) electrons. The van der Waals surface area contributed by atoms with E-state index in [4.69, 9.17) is 10.8 Å². The van der Waals surface area contributed by atoms with Crippen molar-refractivity contribution in [1.29, 1.82) is 0 Å². The van der Waals surface area contributed by atoms with E-state index in [0.29, 0.717) is 12.8 Å². The van der Waals surface area contributed by atoms with Crippen molar-refractivity contribution in [2.24, 2.45) is 5.73 Å². The van der Waals surface area contributed by atoms with Crippen molar-refractivity contribution in [2.75, 3.05) is 0 Å². The van der Waals surface area contributed by atoms with Gasteiger partial charge in [-0.15, -0.1) is 0 Å². The average Bonchev–Trinajstić information content (AvgIpc) is 2.27. The quantitative estimate of drug-likeness (QED) is 0.594. The van der Waals surface area contributed by atoms with Crippen molar-refractivity contribution in [3.05, 3.63) is 0 Å². The number of hydrogen-bond donors (Lipinski definition) is 4. The Balaban J connectivity index is 2.72. The Bertz CT molecular complexity index is 400. The molecule has 0 spiro atoms. The van der Waals surface area contributed by atoms with E-state index in [1.54, 1.807) is 0 Å². The number of carboxylic acids is 1. The van der Waals surface area contributed by atoms with E-state index in [9.17, 15) is 14.4 Å². The number of rotatable bonds is 5. The van der Waals surface area contributed by atoms with Gasteiger partial charge in [0.25, 0.3) is 0 Å². The molecule has 1 aliphatic carbocycles. The van der Waals surface area contributed by atoms with Crippen molar-refractivity contribution in [3.8, 4) is 0 Å². The molecule has 0 aromatic rings. The van der Waals surface area contributed by atoms with Gasteiger partial charge in [0.2, 0.25) is 5.91 Å². The molecule has 0 saturated heterocycles. The average molecular weight is 285 g/mol. The van der Waals surface area contributed by atoms with E-state index in [1.807, 2.05) is 0 Å². The van der Waals surface area contributed by atoms with Gasteiger partial charge in [-0.1, -0.05) is 19.3 Å². The zero-order valence-corrected chi connectivity index (χ0v) is 12.0. The standard InChI is InChI=1S/C13H23N3O4/c1-12(2,10(14)19)15-11(20)16-13(8-9(17)18)6-4-3-5-7-13/h3-8H2,1-2H3,(H2,14,19)(H,17,18)(H2,15,16,20). The summed E-state index contributed by atoms with van der Waals surface area (Å²) in [6.45, 7) is 3.00. The van der Waals surface area contributed by atoms with Gasteiger partial charge in [-0.25, -0.2) is 4.79 Å². The van der Waals surface area contributed by atoms with Gasteiger partial charge >= 0.3 is 12.0 Å². The zero-order valence-electron chi connectivity index (χ0n) is 12.0. The molecule has 0 unspecified atom stereocenters. The second-order valence-corrected chi connectivity index (χ2v) is 5.98. The zero-order chi connectivity index (χ0) is 15.4. The summed E-state index contributed by atoms with van der Waals surface area (Å²) in [5.74, 6) is -1.59. The van der Waals surface area contributed by atoms with Gasteiger partial charge in [0.05, 0.1) is 12.0 Å². The molecular formula is C13H23N3O4. The number of urea groups is 1. The molecule has 0 aromatic heterocycles. The van der Waals surface area contributed by atoms with Gasteiger partial charge in [0.15, 0.2) is 0 Å². The van der Waals surface area contributed by atoms with Crippen LogP contribution in [0.4, 0.5) is 4.79 Å². The molecule has 0 bridgehead atoms. The summed E-state index contributed by atoms with van der Waals surface area (Å²) < 4.78 is 0. The number of nitrogens with one attached hydrogen (secondary N) is 2. The molecule has 1 aliphatic rings. The van der Waals surface area contributed by atoms with Crippen LogP contribution in [-0.2, 0) is 9.59 Å². The minimum atomic E-state index is -1.18. The summed E-state index contributed by atoms with van der Waals surface area (Å²) in [6.07, 6.45) is 3.95. The van der Waals surface area contributed by atoms with Gasteiger partial charge < -0.3 is 21.5 Å². The van der Waals surface area contributed by atoms with Crippen molar-refractivity contribution in [2.45, 2.75) is 63.5 Å². The van der Waals surface area contributed by atoms with E-state index in [0.717, 1.165) is 19.3 Å². The first-order valence-corrected chi connectivity index (χ1v) is 6.79.